The number of nitrogens with one attached hydrogen (secondary N) is 3. The number of fused-ring (bicyclic) bond motifs is 1. The van der Waals surface area contributed by atoms with E-state index in [1.165, 1.54) is 13.2 Å². The fraction of sp³-hybridized carbons (Fsp3) is 0.407. The number of nitrogens with zero attached hydrogens (tertiary/aromatic N) is 1. The van der Waals surface area contributed by atoms with Crippen LogP contribution in [-0.4, -0.2) is 56.3 Å². The van der Waals surface area contributed by atoms with Gasteiger partial charge >= 0.3 is 0 Å². The van der Waals surface area contributed by atoms with Gasteiger partial charge < -0.3 is 29.8 Å². The lowest BCUT2D eigenvalue weighted by atomic mass is 9.66. The summed E-state index contributed by atoms with van der Waals surface area (Å²) in [7, 11) is 3.04. The van der Waals surface area contributed by atoms with E-state index in [4.69, 9.17) is 14.2 Å². The number of aryl methyl sites for hydroxylation is 1. The van der Waals surface area contributed by atoms with Crippen LogP contribution in [0.3, 0.4) is 0 Å². The first-order chi connectivity index (χ1) is 17.6. The number of benzene rings is 1. The zero-order valence-electron chi connectivity index (χ0n) is 20.6. The van der Waals surface area contributed by atoms with Gasteiger partial charge in [-0.1, -0.05) is 6.07 Å². The molecule has 5 rings (SSSR count). The van der Waals surface area contributed by atoms with Crippen LogP contribution in [0.5, 0.6) is 11.5 Å². The lowest BCUT2D eigenvalue weighted by Crippen LogP contribution is -2.44. The number of rotatable bonds is 8. The summed E-state index contributed by atoms with van der Waals surface area (Å²) in [4.78, 5) is 21.8. The summed E-state index contributed by atoms with van der Waals surface area (Å²) in [6.07, 6.45) is 6.48. The largest absolute Gasteiger partial charge is 0.492 e. The minimum absolute atomic E-state index is 0.0875. The topological polar surface area (TPSA) is 97.5 Å². The first-order valence-electron chi connectivity index (χ1n) is 12.2. The molecule has 8 nitrogen and oxygen atoms in total. The normalized spacial score (nSPS) is 16.6. The number of aromatic amines is 1. The molecule has 1 aliphatic carbocycles. The van der Waals surface area contributed by atoms with Crippen LogP contribution in [0.15, 0.2) is 36.7 Å². The van der Waals surface area contributed by atoms with Gasteiger partial charge in [0, 0.05) is 30.0 Å². The maximum Gasteiger partial charge on any atom is 0.177 e. The molecule has 0 radical (unpaired) electrons. The Hall–Kier alpha value is -3.43. The molecule has 36 heavy (non-hydrogen) atoms. The smallest absolute Gasteiger partial charge is 0.177 e. The molecule has 1 aliphatic heterocycles. The number of hydrogen-bond donors (Lipinski definition) is 3. The van der Waals surface area contributed by atoms with E-state index in [2.05, 4.69) is 20.6 Å². The molecular weight excluding hydrogens is 463 g/mol. The molecule has 2 aromatic heterocycles. The minimum atomic E-state index is -0.484. The predicted molar refractivity (Wildman–Crippen MR) is 135 cm³/mol. The highest BCUT2D eigenvalue weighted by Gasteiger charge is 2.45. The van der Waals surface area contributed by atoms with Gasteiger partial charge in [0.1, 0.15) is 12.4 Å². The Morgan fingerprint density at radius 1 is 1.14 bits per heavy atom. The van der Waals surface area contributed by atoms with Gasteiger partial charge in [-0.2, -0.15) is 0 Å². The van der Waals surface area contributed by atoms with E-state index in [9.17, 15) is 9.18 Å². The number of ketones is 1. The first-order valence-corrected chi connectivity index (χ1v) is 12.2. The number of anilines is 2. The van der Waals surface area contributed by atoms with Crippen molar-refractivity contribution in [3.63, 3.8) is 0 Å². The summed E-state index contributed by atoms with van der Waals surface area (Å²) in [5, 5.41) is 6.72. The summed E-state index contributed by atoms with van der Waals surface area (Å²) >= 11 is 0. The van der Waals surface area contributed by atoms with Gasteiger partial charge in [-0.05, 0) is 57.0 Å². The third-order valence-corrected chi connectivity index (χ3v) is 7.23. The molecule has 3 heterocycles. The van der Waals surface area contributed by atoms with Crippen molar-refractivity contribution in [2.24, 2.45) is 5.41 Å². The van der Waals surface area contributed by atoms with Crippen molar-refractivity contribution in [2.75, 3.05) is 45.8 Å². The van der Waals surface area contributed by atoms with Crippen molar-refractivity contribution in [3.05, 3.63) is 53.7 Å². The second kappa shape index (κ2) is 10.3. The maximum absolute atomic E-state index is 14.6. The van der Waals surface area contributed by atoms with Gasteiger partial charge in [0.05, 0.1) is 42.5 Å². The molecule has 2 aliphatic rings. The molecule has 0 atom stereocenters. The highest BCUT2D eigenvalue weighted by molar-refractivity contribution is 6.10. The summed E-state index contributed by atoms with van der Waals surface area (Å²) in [5.41, 5.74) is 3.59. The molecule has 1 spiro atoms. The second-order valence-electron chi connectivity index (χ2n) is 9.25. The van der Waals surface area contributed by atoms with Crippen LogP contribution in [0.1, 0.15) is 35.3 Å². The highest BCUT2D eigenvalue weighted by atomic mass is 19.1. The van der Waals surface area contributed by atoms with Gasteiger partial charge in [0.15, 0.2) is 17.3 Å². The van der Waals surface area contributed by atoms with Crippen LogP contribution in [0.25, 0.3) is 11.3 Å². The van der Waals surface area contributed by atoms with Crippen LogP contribution in [0, 0.1) is 11.2 Å². The van der Waals surface area contributed by atoms with E-state index in [1.807, 2.05) is 6.07 Å². The highest BCUT2D eigenvalue weighted by Crippen LogP contribution is 2.49. The Morgan fingerprint density at radius 3 is 2.75 bits per heavy atom. The average molecular weight is 495 g/mol. The third-order valence-electron chi connectivity index (χ3n) is 7.23. The molecule has 0 amide bonds. The van der Waals surface area contributed by atoms with Crippen molar-refractivity contribution in [1.29, 1.82) is 0 Å². The Kier molecular flexibility index (Phi) is 6.93. The van der Waals surface area contributed by atoms with Crippen LogP contribution >= 0.6 is 0 Å². The number of carbonyl (C=O) groups is 1. The zero-order chi connectivity index (χ0) is 25.1. The van der Waals surface area contributed by atoms with Crippen molar-refractivity contribution in [3.8, 4) is 22.8 Å². The van der Waals surface area contributed by atoms with E-state index >= 15 is 0 Å². The standard InChI is InChI=1S/C27H31FN4O4/c1-34-14-15-36-21-16-30-11-7-17(21)23-24(32-20-5-3-4-18(28)25(20)35-2)22-19(31-23)6-8-27(26(22)33)9-12-29-13-10-27/h3-5,7,11,16,29,31-32H,6,8-10,12-15H2,1-2H3. The number of Topliss-reactive ketones (excluding diaryl/α,β-unsaturated/α-hetero) is 1. The summed E-state index contributed by atoms with van der Waals surface area (Å²) in [6, 6.07) is 6.54. The van der Waals surface area contributed by atoms with Crippen LogP contribution in [0.2, 0.25) is 0 Å². The molecule has 1 saturated heterocycles. The maximum atomic E-state index is 14.6. The average Bonchev–Trinajstić information content (AvgIpc) is 3.26. The molecule has 0 saturated carbocycles. The number of halogens is 1. The Labute approximate surface area is 209 Å². The monoisotopic (exact) mass is 494 g/mol. The summed E-state index contributed by atoms with van der Waals surface area (Å²) < 4.78 is 31.0. The fourth-order valence-corrected chi connectivity index (χ4v) is 5.33. The van der Waals surface area contributed by atoms with Gasteiger partial charge in [0.25, 0.3) is 0 Å². The van der Waals surface area contributed by atoms with E-state index in [-0.39, 0.29) is 11.5 Å². The van der Waals surface area contributed by atoms with E-state index in [0.29, 0.717) is 41.6 Å². The van der Waals surface area contributed by atoms with Gasteiger partial charge in [0.2, 0.25) is 0 Å². The zero-order valence-corrected chi connectivity index (χ0v) is 20.6. The number of carbonyl (C=O) groups excluding carboxylic acids is 1. The Bertz CT molecular complexity index is 1250. The number of hydrogen-bond acceptors (Lipinski definition) is 7. The molecule has 9 heteroatoms. The van der Waals surface area contributed by atoms with Crippen molar-refractivity contribution in [2.45, 2.75) is 25.7 Å². The van der Waals surface area contributed by atoms with Crippen molar-refractivity contribution >= 4 is 17.2 Å². The number of H-pyrrole nitrogens is 1. The van der Waals surface area contributed by atoms with Crippen molar-refractivity contribution in [1.82, 2.24) is 15.3 Å². The SMILES string of the molecule is COCCOc1cnccc1-c1[nH]c2c(c1Nc1cccc(F)c1OC)C(=O)C1(CCNCC1)CC2. The quantitative estimate of drug-likeness (QED) is 0.397. The summed E-state index contributed by atoms with van der Waals surface area (Å²) in [5.74, 6) is 0.291. The van der Waals surface area contributed by atoms with Crippen molar-refractivity contribution < 1.29 is 23.4 Å². The Morgan fingerprint density at radius 2 is 1.97 bits per heavy atom. The predicted octanol–water partition coefficient (Wildman–Crippen LogP) is 4.49. The van der Waals surface area contributed by atoms with E-state index in [0.717, 1.165) is 50.0 Å². The van der Waals surface area contributed by atoms with Gasteiger partial charge in [-0.25, -0.2) is 4.39 Å². The molecule has 3 N–H and O–H groups in total. The minimum Gasteiger partial charge on any atom is -0.492 e. The number of ether oxygens (including phenoxy) is 3. The number of methoxy groups -OCH3 is 2. The summed E-state index contributed by atoms with van der Waals surface area (Å²) in [6.45, 7) is 2.42. The third kappa shape index (κ3) is 4.33. The number of para-hydroxylation sites is 1. The van der Waals surface area contributed by atoms with Crippen LogP contribution in [-0.2, 0) is 11.2 Å². The molecule has 3 aromatic rings. The number of pyridine rings is 1. The lowest BCUT2D eigenvalue weighted by Gasteiger charge is -2.39. The molecule has 1 fully saturated rings. The van der Waals surface area contributed by atoms with E-state index in [1.54, 1.807) is 31.6 Å². The van der Waals surface area contributed by atoms with Crippen LogP contribution in [0.4, 0.5) is 15.8 Å². The number of aromatic nitrogens is 2. The first kappa shape index (κ1) is 24.3. The number of piperidine rings is 1. The molecule has 190 valence electrons. The van der Waals surface area contributed by atoms with Gasteiger partial charge in [-0.3, -0.25) is 9.78 Å². The van der Waals surface area contributed by atoms with E-state index < -0.39 is 11.2 Å². The second-order valence-corrected chi connectivity index (χ2v) is 9.25. The molecule has 1 aromatic carbocycles. The van der Waals surface area contributed by atoms with Crippen LogP contribution < -0.4 is 20.1 Å². The molecule has 0 bridgehead atoms. The molecular formula is C27H31FN4O4. The van der Waals surface area contributed by atoms with Gasteiger partial charge in [-0.15, -0.1) is 0 Å². The molecule has 0 unspecified atom stereocenters. The Balaban J connectivity index is 1.65. The fourth-order valence-electron chi connectivity index (χ4n) is 5.33. The lowest BCUT2D eigenvalue weighted by molar-refractivity contribution is 0.0686.